The molecule has 0 amide bonds. The van der Waals surface area contributed by atoms with E-state index in [4.69, 9.17) is 19.4 Å². The van der Waals surface area contributed by atoms with Crippen LogP contribution in [-0.4, -0.2) is 24.1 Å². The van der Waals surface area contributed by atoms with Crippen LogP contribution in [0.15, 0.2) is 168 Å². The Bertz CT molecular complexity index is 3060. The van der Waals surface area contributed by atoms with Crippen molar-refractivity contribution in [2.75, 3.05) is 0 Å². The Morgan fingerprint density at radius 3 is 1.69 bits per heavy atom. The van der Waals surface area contributed by atoms with E-state index >= 15 is 0 Å². The molecule has 51 heavy (non-hydrogen) atoms. The van der Waals surface area contributed by atoms with E-state index in [-0.39, 0.29) is 0 Å². The summed E-state index contributed by atoms with van der Waals surface area (Å²) < 4.78 is 11.0. The predicted octanol–water partition coefficient (Wildman–Crippen LogP) is 11.3. The minimum absolute atomic E-state index is 0.568. The molecule has 11 rings (SSSR count). The molecular formula is C45H27N5O. The highest BCUT2D eigenvalue weighted by Gasteiger charge is 2.23. The lowest BCUT2D eigenvalue weighted by molar-refractivity contribution is 0.669. The summed E-state index contributed by atoms with van der Waals surface area (Å²) in [6.07, 6.45) is 0. The van der Waals surface area contributed by atoms with Crippen molar-refractivity contribution in [2.24, 2.45) is 0 Å². The Kier molecular flexibility index (Phi) is 5.86. The summed E-state index contributed by atoms with van der Waals surface area (Å²) in [5.41, 5.74) is 9.00. The second-order valence-corrected chi connectivity index (χ2v) is 12.9. The van der Waals surface area contributed by atoms with E-state index in [0.29, 0.717) is 17.6 Å². The molecule has 0 fully saturated rings. The van der Waals surface area contributed by atoms with Crippen LogP contribution in [0.25, 0.3) is 100.0 Å². The molecule has 4 heterocycles. The van der Waals surface area contributed by atoms with E-state index in [1.54, 1.807) is 0 Å². The maximum absolute atomic E-state index is 6.42. The first-order valence-electron chi connectivity index (χ1n) is 17.0. The van der Waals surface area contributed by atoms with Crippen LogP contribution >= 0.6 is 0 Å². The van der Waals surface area contributed by atoms with Gasteiger partial charge in [-0.05, 0) is 48.5 Å². The highest BCUT2D eigenvalue weighted by molar-refractivity contribution is 6.29. The molecule has 0 saturated heterocycles. The minimum atomic E-state index is 0.568. The van der Waals surface area contributed by atoms with Crippen LogP contribution in [0.5, 0.6) is 0 Å². The Labute approximate surface area is 291 Å². The third-order valence-corrected chi connectivity index (χ3v) is 9.96. The van der Waals surface area contributed by atoms with E-state index in [9.17, 15) is 0 Å². The number of para-hydroxylation sites is 3. The number of furan rings is 1. The van der Waals surface area contributed by atoms with Gasteiger partial charge in [0.25, 0.3) is 0 Å². The molecule has 0 bridgehead atoms. The SMILES string of the molecule is c1ccc(-c2nc(-c3ccccc3)nc(-n3c4ccccc4c4cc5c(cc43)c3c4c(ccc3n5-c3ccccc3)oc3ccccc34)n2)cc1. The first-order valence-corrected chi connectivity index (χ1v) is 17.0. The normalized spacial score (nSPS) is 11.9. The highest BCUT2D eigenvalue weighted by Crippen LogP contribution is 2.44. The highest BCUT2D eigenvalue weighted by atomic mass is 16.3. The number of rotatable bonds is 4. The zero-order valence-electron chi connectivity index (χ0n) is 27.2. The number of nitrogens with zero attached hydrogens (tertiary/aromatic N) is 5. The zero-order valence-corrected chi connectivity index (χ0v) is 27.2. The van der Waals surface area contributed by atoms with Crippen molar-refractivity contribution in [3.8, 4) is 34.4 Å². The van der Waals surface area contributed by atoms with Gasteiger partial charge in [0.1, 0.15) is 11.2 Å². The quantitative estimate of drug-likeness (QED) is 0.190. The smallest absolute Gasteiger partial charge is 0.238 e. The van der Waals surface area contributed by atoms with Crippen molar-refractivity contribution in [2.45, 2.75) is 0 Å². The van der Waals surface area contributed by atoms with Gasteiger partial charge in [0.05, 0.1) is 22.1 Å². The lowest BCUT2D eigenvalue weighted by atomic mass is 10.0. The van der Waals surface area contributed by atoms with Gasteiger partial charge >= 0.3 is 0 Å². The number of hydrogen-bond acceptors (Lipinski definition) is 4. The molecule has 0 N–H and O–H groups in total. The maximum Gasteiger partial charge on any atom is 0.238 e. The van der Waals surface area contributed by atoms with Gasteiger partial charge in [0, 0.05) is 49.1 Å². The fourth-order valence-corrected chi connectivity index (χ4v) is 7.75. The molecule has 11 aromatic rings. The number of hydrogen-bond donors (Lipinski definition) is 0. The summed E-state index contributed by atoms with van der Waals surface area (Å²) in [5, 5.41) is 6.74. The van der Waals surface area contributed by atoms with Crippen molar-refractivity contribution in [1.29, 1.82) is 0 Å². The molecule has 0 aliphatic rings. The van der Waals surface area contributed by atoms with E-state index in [0.717, 1.165) is 82.4 Å². The summed E-state index contributed by atoms with van der Waals surface area (Å²) >= 11 is 0. The molecule has 0 aliphatic carbocycles. The summed E-state index contributed by atoms with van der Waals surface area (Å²) in [4.78, 5) is 15.3. The second kappa shape index (κ2) is 10.7. The number of fused-ring (bicyclic) bond motifs is 10. The summed E-state index contributed by atoms with van der Waals surface area (Å²) in [5.74, 6) is 1.82. The molecule has 0 radical (unpaired) electrons. The second-order valence-electron chi connectivity index (χ2n) is 12.9. The van der Waals surface area contributed by atoms with Crippen molar-refractivity contribution in [3.63, 3.8) is 0 Å². The standard InChI is InChI=1S/C45H27N5O/c1-4-14-28(15-5-1)43-46-44(29-16-6-2-7-17-29)48-45(47-43)50-35-22-12-10-20-31(35)33-26-38-34(27-37(33)50)41-36(49(38)30-18-8-3-9-19-30)24-25-40-42(41)32-21-11-13-23-39(32)51-40/h1-27H. The van der Waals surface area contributed by atoms with Crippen molar-refractivity contribution >= 4 is 65.6 Å². The van der Waals surface area contributed by atoms with Crippen LogP contribution in [-0.2, 0) is 0 Å². The fourth-order valence-electron chi connectivity index (χ4n) is 7.75. The Morgan fingerprint density at radius 2 is 0.961 bits per heavy atom. The molecule has 238 valence electrons. The lowest BCUT2D eigenvalue weighted by Gasteiger charge is -2.11. The average molecular weight is 654 g/mol. The Hall–Kier alpha value is -7.05. The average Bonchev–Trinajstić information content (AvgIpc) is 3.85. The number of aromatic nitrogens is 5. The number of benzene rings is 7. The van der Waals surface area contributed by atoms with Crippen LogP contribution in [0, 0.1) is 0 Å². The van der Waals surface area contributed by atoms with Gasteiger partial charge in [-0.3, -0.25) is 4.57 Å². The molecule has 6 heteroatoms. The van der Waals surface area contributed by atoms with E-state index < -0.39 is 0 Å². The van der Waals surface area contributed by atoms with E-state index in [2.05, 4.69) is 100 Å². The Morgan fingerprint density at radius 1 is 0.373 bits per heavy atom. The zero-order chi connectivity index (χ0) is 33.5. The van der Waals surface area contributed by atoms with Gasteiger partial charge in [-0.1, -0.05) is 115 Å². The van der Waals surface area contributed by atoms with Crippen molar-refractivity contribution in [3.05, 3.63) is 164 Å². The van der Waals surface area contributed by atoms with Gasteiger partial charge in [-0.25, -0.2) is 4.98 Å². The Balaban J connectivity index is 1.31. The first-order chi connectivity index (χ1) is 25.3. The third-order valence-electron chi connectivity index (χ3n) is 9.96. The van der Waals surface area contributed by atoms with E-state index in [1.807, 2.05) is 72.8 Å². The first kappa shape index (κ1) is 27.9. The molecule has 0 atom stereocenters. The largest absolute Gasteiger partial charge is 0.456 e. The topological polar surface area (TPSA) is 61.7 Å². The van der Waals surface area contributed by atoms with Crippen molar-refractivity contribution < 1.29 is 4.42 Å². The molecule has 6 nitrogen and oxygen atoms in total. The summed E-state index contributed by atoms with van der Waals surface area (Å²) in [6, 6.07) is 56.6. The van der Waals surface area contributed by atoms with Crippen molar-refractivity contribution in [1.82, 2.24) is 24.1 Å². The molecule has 0 saturated carbocycles. The molecule has 0 unspecified atom stereocenters. The van der Waals surface area contributed by atoms with E-state index in [1.165, 1.54) is 0 Å². The van der Waals surface area contributed by atoms with Gasteiger partial charge in [0.15, 0.2) is 11.6 Å². The molecule has 7 aromatic carbocycles. The van der Waals surface area contributed by atoms with Crippen LogP contribution in [0.4, 0.5) is 0 Å². The monoisotopic (exact) mass is 653 g/mol. The summed E-state index contributed by atoms with van der Waals surface area (Å²) in [6.45, 7) is 0. The summed E-state index contributed by atoms with van der Waals surface area (Å²) in [7, 11) is 0. The molecule has 4 aromatic heterocycles. The van der Waals surface area contributed by atoms with Crippen LogP contribution < -0.4 is 0 Å². The van der Waals surface area contributed by atoms with Gasteiger partial charge in [0.2, 0.25) is 5.95 Å². The van der Waals surface area contributed by atoms with Crippen LogP contribution in [0.3, 0.4) is 0 Å². The fraction of sp³-hybridized carbons (Fsp3) is 0. The predicted molar refractivity (Wildman–Crippen MR) is 207 cm³/mol. The third kappa shape index (κ3) is 4.14. The van der Waals surface area contributed by atoms with Gasteiger partial charge in [-0.2, -0.15) is 9.97 Å². The minimum Gasteiger partial charge on any atom is -0.456 e. The maximum atomic E-state index is 6.42. The lowest BCUT2D eigenvalue weighted by Crippen LogP contribution is -2.06. The van der Waals surface area contributed by atoms with Crippen LogP contribution in [0.2, 0.25) is 0 Å². The molecule has 0 aliphatic heterocycles. The van der Waals surface area contributed by atoms with Gasteiger partial charge in [-0.15, -0.1) is 0 Å². The van der Waals surface area contributed by atoms with Gasteiger partial charge < -0.3 is 8.98 Å². The molecule has 0 spiro atoms. The van der Waals surface area contributed by atoms with Crippen LogP contribution in [0.1, 0.15) is 0 Å². The molecular weight excluding hydrogens is 627 g/mol.